The van der Waals surface area contributed by atoms with Crippen molar-refractivity contribution in [3.8, 4) is 0 Å². The van der Waals surface area contributed by atoms with Crippen LogP contribution in [0.3, 0.4) is 0 Å². The van der Waals surface area contributed by atoms with Crippen molar-refractivity contribution in [2.45, 2.75) is 26.3 Å². The van der Waals surface area contributed by atoms with Crippen LogP contribution in [0.15, 0.2) is 42.5 Å². The molecule has 25 heavy (non-hydrogen) atoms. The molecule has 0 bridgehead atoms. The predicted molar refractivity (Wildman–Crippen MR) is 101 cm³/mol. The van der Waals surface area contributed by atoms with Crippen molar-refractivity contribution >= 4 is 46.6 Å². The summed E-state index contributed by atoms with van der Waals surface area (Å²) < 4.78 is 0. The number of halogens is 3. The molecule has 132 valence electrons. The third-order valence-corrected chi connectivity index (χ3v) is 4.68. The van der Waals surface area contributed by atoms with E-state index in [-0.39, 0.29) is 26.5 Å². The molecular formula is C18H17Cl3N2O2. The minimum atomic E-state index is -0.661. The van der Waals surface area contributed by atoms with Gasteiger partial charge in [0.05, 0.1) is 26.2 Å². The minimum absolute atomic E-state index is 0.0349. The molecule has 2 aromatic rings. The van der Waals surface area contributed by atoms with E-state index in [9.17, 15) is 9.59 Å². The van der Waals surface area contributed by atoms with Crippen LogP contribution in [0.4, 0.5) is 0 Å². The van der Waals surface area contributed by atoms with Crippen LogP contribution >= 0.6 is 34.8 Å². The van der Waals surface area contributed by atoms with Crippen molar-refractivity contribution in [1.29, 1.82) is 0 Å². The number of nitrogens with one attached hydrogen (secondary N) is 1. The normalized spacial score (nSPS) is 11.1. The summed E-state index contributed by atoms with van der Waals surface area (Å²) in [7, 11) is 0. The van der Waals surface area contributed by atoms with Gasteiger partial charge in [0.15, 0.2) is 0 Å². The van der Waals surface area contributed by atoms with Crippen molar-refractivity contribution in [3.63, 3.8) is 0 Å². The number of rotatable bonds is 2. The summed E-state index contributed by atoms with van der Waals surface area (Å²) in [4.78, 5) is 25.4. The maximum absolute atomic E-state index is 12.8. The highest BCUT2D eigenvalue weighted by Gasteiger charge is 2.30. The van der Waals surface area contributed by atoms with E-state index >= 15 is 0 Å². The number of nitrogens with zero attached hydrogens (tertiary/aromatic N) is 1. The van der Waals surface area contributed by atoms with Gasteiger partial charge in [0.25, 0.3) is 11.8 Å². The fourth-order valence-electron chi connectivity index (χ4n) is 2.10. The van der Waals surface area contributed by atoms with Crippen LogP contribution in [0, 0.1) is 0 Å². The standard InChI is InChI=1S/C18H17Cl3N2O2/c1-18(2,3)23(17(25)11-7-5-4-6-8-11)22-16(24)12-9-10-13(19)15(21)14(12)20/h4-10H,1-3H3,(H,22,24). The third kappa shape index (κ3) is 4.46. The van der Waals surface area contributed by atoms with E-state index in [1.54, 1.807) is 24.3 Å². The Balaban J connectivity index is 2.34. The first-order valence-corrected chi connectivity index (χ1v) is 8.60. The van der Waals surface area contributed by atoms with E-state index in [4.69, 9.17) is 34.8 Å². The summed E-state index contributed by atoms with van der Waals surface area (Å²) in [6, 6.07) is 11.6. The van der Waals surface area contributed by atoms with E-state index in [1.165, 1.54) is 17.1 Å². The molecule has 0 radical (unpaired) electrons. The molecule has 0 unspecified atom stereocenters. The molecule has 0 aliphatic carbocycles. The molecule has 0 saturated carbocycles. The molecule has 0 saturated heterocycles. The van der Waals surface area contributed by atoms with Gasteiger partial charge in [0.2, 0.25) is 0 Å². The van der Waals surface area contributed by atoms with Gasteiger partial charge in [-0.3, -0.25) is 15.0 Å². The summed E-state index contributed by atoms with van der Waals surface area (Å²) in [6.07, 6.45) is 0. The zero-order valence-corrected chi connectivity index (χ0v) is 16.2. The molecule has 4 nitrogen and oxygen atoms in total. The second-order valence-electron chi connectivity index (χ2n) is 6.34. The Morgan fingerprint density at radius 3 is 2.08 bits per heavy atom. The first kappa shape index (κ1) is 19.6. The third-order valence-electron chi connectivity index (χ3n) is 3.39. The Morgan fingerprint density at radius 2 is 1.52 bits per heavy atom. The van der Waals surface area contributed by atoms with Crippen molar-refractivity contribution in [3.05, 3.63) is 68.7 Å². The Kier molecular flexibility index (Phi) is 5.99. The first-order valence-electron chi connectivity index (χ1n) is 7.47. The lowest BCUT2D eigenvalue weighted by molar-refractivity contribution is 0.0358. The Bertz CT molecular complexity index is 802. The highest BCUT2D eigenvalue weighted by molar-refractivity contribution is 6.49. The van der Waals surface area contributed by atoms with Crippen LogP contribution in [0.2, 0.25) is 15.1 Å². The average Bonchev–Trinajstić information content (AvgIpc) is 2.56. The zero-order valence-electron chi connectivity index (χ0n) is 13.9. The smallest absolute Gasteiger partial charge is 0.267 e. The number of amides is 2. The molecule has 0 fully saturated rings. The molecule has 2 aromatic carbocycles. The van der Waals surface area contributed by atoms with E-state index < -0.39 is 11.4 Å². The SMILES string of the molecule is CC(C)(C)N(NC(=O)c1ccc(Cl)c(Cl)c1Cl)C(=O)c1ccccc1. The Morgan fingerprint density at radius 1 is 0.920 bits per heavy atom. The lowest BCUT2D eigenvalue weighted by Gasteiger charge is -2.35. The summed E-state index contributed by atoms with van der Waals surface area (Å²) >= 11 is 18.0. The molecule has 2 amide bonds. The van der Waals surface area contributed by atoms with Crippen LogP contribution in [-0.4, -0.2) is 22.4 Å². The zero-order chi connectivity index (χ0) is 18.8. The highest BCUT2D eigenvalue weighted by atomic mass is 35.5. The summed E-state index contributed by atoms with van der Waals surface area (Å²) in [6.45, 7) is 5.43. The molecule has 7 heteroatoms. The molecule has 1 N–H and O–H groups in total. The highest BCUT2D eigenvalue weighted by Crippen LogP contribution is 2.32. The van der Waals surface area contributed by atoms with Crippen LogP contribution in [0.5, 0.6) is 0 Å². The van der Waals surface area contributed by atoms with Crippen LogP contribution in [0.25, 0.3) is 0 Å². The first-order chi connectivity index (χ1) is 11.6. The molecule has 0 spiro atoms. The van der Waals surface area contributed by atoms with Gasteiger partial charge in [0.1, 0.15) is 0 Å². The quantitative estimate of drug-likeness (QED) is 0.555. The maximum atomic E-state index is 12.8. The van der Waals surface area contributed by atoms with Crippen LogP contribution in [-0.2, 0) is 0 Å². The van der Waals surface area contributed by atoms with E-state index in [2.05, 4.69) is 5.43 Å². The Labute approximate surface area is 161 Å². The summed E-state index contributed by atoms with van der Waals surface area (Å²) in [5.74, 6) is -0.889. The molecule has 0 aliphatic rings. The fourth-order valence-corrected chi connectivity index (χ4v) is 2.72. The van der Waals surface area contributed by atoms with Gasteiger partial charge in [-0.1, -0.05) is 53.0 Å². The molecule has 0 aromatic heterocycles. The summed E-state index contributed by atoms with van der Waals surface area (Å²) in [5.41, 5.74) is 2.54. The molecule has 2 rings (SSSR count). The van der Waals surface area contributed by atoms with Gasteiger partial charge in [-0.25, -0.2) is 5.01 Å². The number of benzene rings is 2. The van der Waals surface area contributed by atoms with Crippen molar-refractivity contribution < 1.29 is 9.59 Å². The minimum Gasteiger partial charge on any atom is -0.267 e. The van der Waals surface area contributed by atoms with Crippen molar-refractivity contribution in [2.24, 2.45) is 0 Å². The monoisotopic (exact) mass is 398 g/mol. The van der Waals surface area contributed by atoms with Gasteiger partial charge >= 0.3 is 0 Å². The average molecular weight is 400 g/mol. The van der Waals surface area contributed by atoms with Gasteiger partial charge in [-0.05, 0) is 45.0 Å². The molecular weight excluding hydrogens is 383 g/mol. The molecule has 0 heterocycles. The second kappa shape index (κ2) is 7.65. The molecule has 0 atom stereocenters. The second-order valence-corrected chi connectivity index (χ2v) is 7.50. The largest absolute Gasteiger partial charge is 0.272 e. The van der Waals surface area contributed by atoms with Gasteiger partial charge in [-0.15, -0.1) is 0 Å². The predicted octanol–water partition coefficient (Wildman–Crippen LogP) is 5.23. The lowest BCUT2D eigenvalue weighted by atomic mass is 10.1. The number of hydrazine groups is 1. The van der Waals surface area contributed by atoms with E-state index in [0.29, 0.717) is 5.56 Å². The van der Waals surface area contributed by atoms with Crippen molar-refractivity contribution in [1.82, 2.24) is 10.4 Å². The number of carbonyl (C=O) groups excluding carboxylic acids is 2. The Hall–Kier alpha value is -1.75. The van der Waals surface area contributed by atoms with E-state index in [1.807, 2.05) is 26.8 Å². The van der Waals surface area contributed by atoms with E-state index in [0.717, 1.165) is 0 Å². The number of hydrogen-bond donors (Lipinski definition) is 1. The van der Waals surface area contributed by atoms with Crippen LogP contribution < -0.4 is 5.43 Å². The summed E-state index contributed by atoms with van der Waals surface area (Å²) in [5, 5.41) is 1.64. The lowest BCUT2D eigenvalue weighted by Crippen LogP contribution is -2.55. The van der Waals surface area contributed by atoms with Gasteiger partial charge < -0.3 is 0 Å². The number of hydrogen-bond acceptors (Lipinski definition) is 2. The topological polar surface area (TPSA) is 49.4 Å². The number of carbonyl (C=O) groups is 2. The maximum Gasteiger partial charge on any atom is 0.272 e. The molecule has 0 aliphatic heterocycles. The van der Waals surface area contributed by atoms with Crippen LogP contribution in [0.1, 0.15) is 41.5 Å². The van der Waals surface area contributed by atoms with Gasteiger partial charge in [0, 0.05) is 5.56 Å². The fraction of sp³-hybridized carbons (Fsp3) is 0.222. The van der Waals surface area contributed by atoms with Gasteiger partial charge in [-0.2, -0.15) is 0 Å². The van der Waals surface area contributed by atoms with Crippen molar-refractivity contribution in [2.75, 3.05) is 0 Å².